The Bertz CT molecular complexity index is 1760. The van der Waals surface area contributed by atoms with E-state index in [0.29, 0.717) is 28.7 Å². The van der Waals surface area contributed by atoms with Crippen LogP contribution in [0.2, 0.25) is 0 Å². The predicted molar refractivity (Wildman–Crippen MR) is 145 cm³/mol. The first kappa shape index (κ1) is 22.7. The number of benzene rings is 5. The summed E-state index contributed by atoms with van der Waals surface area (Å²) in [4.78, 5) is 27.2. The Morgan fingerprint density at radius 1 is 0.722 bits per heavy atom. The zero-order valence-corrected chi connectivity index (χ0v) is 20.8. The minimum absolute atomic E-state index is 0.0153. The molecule has 0 atom stereocenters. The molecule has 1 heterocycles. The van der Waals surface area contributed by atoms with E-state index >= 15 is 0 Å². The van der Waals surface area contributed by atoms with Crippen LogP contribution in [0.3, 0.4) is 0 Å². The molecule has 0 aromatic heterocycles. The van der Waals surface area contributed by atoms with Gasteiger partial charge in [-0.25, -0.2) is 8.42 Å². The molecule has 2 amide bonds. The van der Waals surface area contributed by atoms with Crippen LogP contribution in [0.15, 0.2) is 54.6 Å². The molecule has 182 valence electrons. The molecule has 0 spiro atoms. The van der Waals surface area contributed by atoms with Crippen molar-refractivity contribution in [2.24, 2.45) is 0 Å². The first-order valence-corrected chi connectivity index (χ1v) is 13.7. The molecular weight excluding hydrogens is 474 g/mol. The molecule has 0 fully saturated rings. The van der Waals surface area contributed by atoms with Crippen LogP contribution >= 0.6 is 0 Å². The maximum atomic E-state index is 13.0. The molecule has 2 N–H and O–H groups in total. The Labute approximate surface area is 208 Å². The molecule has 36 heavy (non-hydrogen) atoms. The van der Waals surface area contributed by atoms with Gasteiger partial charge < -0.3 is 4.90 Å². The first-order chi connectivity index (χ1) is 17.3. The number of imide groups is 1. The quantitative estimate of drug-likeness (QED) is 0.192. The van der Waals surface area contributed by atoms with Gasteiger partial charge in [0.05, 0.1) is 11.4 Å². The topological polar surface area (TPSA) is 95.6 Å². The zero-order chi connectivity index (χ0) is 25.2. The molecule has 0 bridgehead atoms. The number of anilines is 1. The molecule has 8 heteroatoms. The van der Waals surface area contributed by atoms with Gasteiger partial charge in [-0.15, -0.1) is 0 Å². The number of carbonyl (C=O) groups is 2. The van der Waals surface area contributed by atoms with Gasteiger partial charge in [-0.05, 0) is 63.6 Å². The maximum absolute atomic E-state index is 13.0. The van der Waals surface area contributed by atoms with Crippen molar-refractivity contribution in [1.29, 1.82) is 0 Å². The molecule has 0 radical (unpaired) electrons. The van der Waals surface area contributed by atoms with Gasteiger partial charge in [-0.3, -0.25) is 19.6 Å². The number of nitrogens with one attached hydrogen (secondary N) is 2. The van der Waals surface area contributed by atoms with Gasteiger partial charge in [0.1, 0.15) is 0 Å². The van der Waals surface area contributed by atoms with Crippen molar-refractivity contribution in [1.82, 2.24) is 10.2 Å². The summed E-state index contributed by atoms with van der Waals surface area (Å²) >= 11 is 0. The Morgan fingerprint density at radius 3 is 1.92 bits per heavy atom. The molecule has 6 rings (SSSR count). The highest BCUT2D eigenvalue weighted by molar-refractivity contribution is 7.92. The summed E-state index contributed by atoms with van der Waals surface area (Å²) < 4.78 is 28.7. The third kappa shape index (κ3) is 3.32. The molecule has 0 saturated heterocycles. The number of rotatable bonds is 7. The molecule has 1 aliphatic heterocycles. The van der Waals surface area contributed by atoms with Crippen molar-refractivity contribution in [3.8, 4) is 0 Å². The van der Waals surface area contributed by atoms with Crippen LogP contribution < -0.4 is 10.0 Å². The second-order valence-electron chi connectivity index (χ2n) is 9.19. The van der Waals surface area contributed by atoms with E-state index < -0.39 is 21.8 Å². The Balaban J connectivity index is 1.57. The van der Waals surface area contributed by atoms with E-state index in [2.05, 4.69) is 14.9 Å². The van der Waals surface area contributed by atoms with Crippen molar-refractivity contribution in [3.05, 3.63) is 65.7 Å². The third-order valence-electron chi connectivity index (χ3n) is 7.33. The SMILES string of the molecule is CCN(CC)CCS(=O)(=O)Nc1ccc2c3ccc4c5c(ccc(c6cccc1c62)c53)C(=O)NC4=O. The Morgan fingerprint density at radius 2 is 1.28 bits per heavy atom. The summed E-state index contributed by atoms with van der Waals surface area (Å²) in [5.41, 5.74) is 1.51. The predicted octanol–water partition coefficient (Wildman–Crippen LogP) is 4.70. The fourth-order valence-electron chi connectivity index (χ4n) is 5.51. The first-order valence-electron chi connectivity index (χ1n) is 12.1. The zero-order valence-electron chi connectivity index (χ0n) is 20.0. The summed E-state index contributed by atoms with van der Waals surface area (Å²) in [6, 6.07) is 16.9. The van der Waals surface area contributed by atoms with E-state index in [4.69, 9.17) is 0 Å². The third-order valence-corrected chi connectivity index (χ3v) is 8.59. The van der Waals surface area contributed by atoms with E-state index in [1.54, 1.807) is 18.2 Å². The second kappa shape index (κ2) is 8.15. The van der Waals surface area contributed by atoms with E-state index in [0.717, 1.165) is 50.8 Å². The van der Waals surface area contributed by atoms with E-state index in [9.17, 15) is 18.0 Å². The minimum atomic E-state index is -3.55. The molecule has 0 saturated carbocycles. The van der Waals surface area contributed by atoms with Gasteiger partial charge in [0, 0.05) is 28.4 Å². The van der Waals surface area contributed by atoms with Crippen molar-refractivity contribution >= 4 is 70.6 Å². The van der Waals surface area contributed by atoms with Crippen LogP contribution in [0.1, 0.15) is 34.6 Å². The summed E-state index contributed by atoms with van der Waals surface area (Å²) in [7, 11) is -3.55. The molecule has 1 aliphatic rings. The number of hydrogen-bond acceptors (Lipinski definition) is 5. The average Bonchev–Trinajstić information content (AvgIpc) is 2.87. The number of amides is 2. The normalized spacial score (nSPS) is 14.0. The van der Waals surface area contributed by atoms with Crippen LogP contribution in [0.5, 0.6) is 0 Å². The fraction of sp³-hybridized carbons (Fsp3) is 0.214. The van der Waals surface area contributed by atoms with Crippen molar-refractivity contribution in [3.63, 3.8) is 0 Å². The van der Waals surface area contributed by atoms with Gasteiger partial charge in [-0.1, -0.05) is 50.2 Å². The highest BCUT2D eigenvalue weighted by Gasteiger charge is 2.27. The molecular formula is C28H25N3O4S. The standard InChI is InChI=1S/C28H25N3O4S/c1-3-31(4-2)14-15-36(34,35)30-23-13-12-17-19-9-11-22-26-21(27(32)29-28(22)33)10-8-18(25(19)26)16-6-5-7-20(23)24(16)17/h5-13,30H,3-4,14-15H2,1-2H3,(H,29,32,33). The lowest BCUT2D eigenvalue weighted by molar-refractivity contribution is 0.0845. The molecule has 0 unspecified atom stereocenters. The highest BCUT2D eigenvalue weighted by atomic mass is 32.2. The number of sulfonamides is 1. The number of carbonyl (C=O) groups excluding carboxylic acids is 2. The second-order valence-corrected chi connectivity index (χ2v) is 11.0. The summed E-state index contributed by atoms with van der Waals surface area (Å²) in [6.07, 6.45) is 0. The highest BCUT2D eigenvalue weighted by Crippen LogP contribution is 2.44. The molecule has 7 nitrogen and oxygen atoms in total. The van der Waals surface area contributed by atoms with E-state index in [-0.39, 0.29) is 5.75 Å². The van der Waals surface area contributed by atoms with Crippen LogP contribution in [0, 0.1) is 0 Å². The van der Waals surface area contributed by atoms with Gasteiger partial charge in [-0.2, -0.15) is 0 Å². The van der Waals surface area contributed by atoms with Crippen molar-refractivity contribution in [2.45, 2.75) is 13.8 Å². The molecule has 5 aromatic rings. The largest absolute Gasteiger partial charge is 0.303 e. The summed E-state index contributed by atoms with van der Waals surface area (Å²) in [5, 5.41) is 9.46. The minimum Gasteiger partial charge on any atom is -0.303 e. The molecule has 5 aromatic carbocycles. The van der Waals surface area contributed by atoms with Gasteiger partial charge in [0.25, 0.3) is 11.8 Å². The lowest BCUT2D eigenvalue weighted by Crippen LogP contribution is -2.34. The Hall–Kier alpha value is -3.75. The lowest BCUT2D eigenvalue weighted by atomic mass is 9.85. The summed E-state index contributed by atoms with van der Waals surface area (Å²) in [5.74, 6) is -0.772. The molecule has 0 aliphatic carbocycles. The fourth-order valence-corrected chi connectivity index (χ4v) is 6.63. The number of hydrogen-bond donors (Lipinski definition) is 2. The van der Waals surface area contributed by atoms with Crippen molar-refractivity contribution in [2.75, 3.05) is 30.1 Å². The monoisotopic (exact) mass is 499 g/mol. The van der Waals surface area contributed by atoms with E-state index in [1.807, 2.05) is 50.2 Å². The average molecular weight is 500 g/mol. The van der Waals surface area contributed by atoms with Crippen LogP contribution in [0.25, 0.3) is 43.1 Å². The van der Waals surface area contributed by atoms with Crippen LogP contribution in [-0.2, 0) is 10.0 Å². The summed E-state index contributed by atoms with van der Waals surface area (Å²) in [6.45, 7) is 6.11. The maximum Gasteiger partial charge on any atom is 0.258 e. The lowest BCUT2D eigenvalue weighted by Gasteiger charge is -2.22. The number of nitrogens with zero attached hydrogens (tertiary/aromatic N) is 1. The van der Waals surface area contributed by atoms with Gasteiger partial charge in [0.15, 0.2) is 0 Å². The van der Waals surface area contributed by atoms with Gasteiger partial charge >= 0.3 is 0 Å². The van der Waals surface area contributed by atoms with E-state index in [1.165, 1.54) is 0 Å². The smallest absolute Gasteiger partial charge is 0.258 e. The van der Waals surface area contributed by atoms with Crippen LogP contribution in [0.4, 0.5) is 5.69 Å². The van der Waals surface area contributed by atoms with Gasteiger partial charge in [0.2, 0.25) is 10.0 Å². The Kier molecular flexibility index (Phi) is 5.14. The van der Waals surface area contributed by atoms with Crippen LogP contribution in [-0.4, -0.2) is 50.5 Å². The van der Waals surface area contributed by atoms with Crippen molar-refractivity contribution < 1.29 is 18.0 Å². The number of fused-ring (bicyclic) bond motifs is 2.